The lowest BCUT2D eigenvalue weighted by Gasteiger charge is -2.11. The Morgan fingerprint density at radius 1 is 1.06 bits per heavy atom. The minimum Gasteiger partial charge on any atom is -0.318 e. The van der Waals surface area contributed by atoms with Gasteiger partial charge in [-0.2, -0.15) is 5.10 Å². The zero-order chi connectivity index (χ0) is 21.4. The van der Waals surface area contributed by atoms with Crippen molar-refractivity contribution in [1.29, 1.82) is 0 Å². The van der Waals surface area contributed by atoms with Crippen molar-refractivity contribution in [2.24, 2.45) is 5.10 Å². The SMILES string of the molecule is O=[N+]([O-])c1ccc(C2CC(c3nc4ccccc4n3Cc3ccc(Cl)cc3)=NN2)cc1. The Labute approximate surface area is 183 Å². The summed E-state index contributed by atoms with van der Waals surface area (Å²) in [6.07, 6.45) is 0.641. The van der Waals surface area contributed by atoms with E-state index in [1.54, 1.807) is 12.1 Å². The van der Waals surface area contributed by atoms with E-state index >= 15 is 0 Å². The third-order valence-electron chi connectivity index (χ3n) is 5.43. The molecule has 7 nitrogen and oxygen atoms in total. The van der Waals surface area contributed by atoms with Crippen molar-refractivity contribution >= 4 is 34.0 Å². The van der Waals surface area contributed by atoms with Crippen molar-refractivity contribution in [3.8, 4) is 0 Å². The van der Waals surface area contributed by atoms with Crippen molar-refractivity contribution < 1.29 is 4.92 Å². The van der Waals surface area contributed by atoms with Gasteiger partial charge in [0.1, 0.15) is 5.71 Å². The molecule has 0 saturated carbocycles. The van der Waals surface area contributed by atoms with Gasteiger partial charge in [0.15, 0.2) is 5.82 Å². The van der Waals surface area contributed by atoms with Gasteiger partial charge in [-0.15, -0.1) is 0 Å². The first kappa shape index (κ1) is 19.3. The smallest absolute Gasteiger partial charge is 0.269 e. The highest BCUT2D eigenvalue weighted by atomic mass is 35.5. The number of nitro groups is 1. The van der Waals surface area contributed by atoms with Crippen molar-refractivity contribution in [2.45, 2.75) is 19.0 Å². The minimum absolute atomic E-state index is 0.0559. The topological polar surface area (TPSA) is 85.3 Å². The first-order valence-corrected chi connectivity index (χ1v) is 10.2. The lowest BCUT2D eigenvalue weighted by molar-refractivity contribution is -0.384. The van der Waals surface area contributed by atoms with Crippen LogP contribution in [0.4, 0.5) is 5.69 Å². The summed E-state index contributed by atoms with van der Waals surface area (Å²) < 4.78 is 2.16. The van der Waals surface area contributed by atoms with E-state index in [2.05, 4.69) is 21.2 Å². The van der Waals surface area contributed by atoms with Crippen molar-refractivity contribution in [2.75, 3.05) is 0 Å². The number of halogens is 1. The summed E-state index contributed by atoms with van der Waals surface area (Å²) >= 11 is 6.04. The molecule has 0 spiro atoms. The van der Waals surface area contributed by atoms with Crippen LogP contribution in [0.15, 0.2) is 77.9 Å². The fourth-order valence-corrected chi connectivity index (χ4v) is 3.96. The van der Waals surface area contributed by atoms with Crippen LogP contribution >= 0.6 is 11.6 Å². The molecule has 2 heterocycles. The Hall–Kier alpha value is -3.71. The molecule has 1 N–H and O–H groups in total. The zero-order valence-corrected chi connectivity index (χ0v) is 17.2. The van der Waals surface area contributed by atoms with Gasteiger partial charge in [-0.3, -0.25) is 10.1 Å². The molecule has 4 aromatic rings. The van der Waals surface area contributed by atoms with E-state index in [1.165, 1.54) is 12.1 Å². The molecule has 8 heteroatoms. The predicted octanol–water partition coefficient (Wildman–Crippen LogP) is 5.08. The van der Waals surface area contributed by atoms with Crippen LogP contribution in [0.1, 0.15) is 29.4 Å². The van der Waals surface area contributed by atoms with Gasteiger partial charge in [0, 0.05) is 30.1 Å². The average Bonchev–Trinajstić information content (AvgIpc) is 3.41. The number of fused-ring (bicyclic) bond motifs is 1. The third-order valence-corrected chi connectivity index (χ3v) is 5.68. The third kappa shape index (κ3) is 3.75. The highest BCUT2D eigenvalue weighted by Crippen LogP contribution is 2.28. The van der Waals surface area contributed by atoms with Crippen LogP contribution in [-0.4, -0.2) is 20.2 Å². The van der Waals surface area contributed by atoms with E-state index < -0.39 is 4.92 Å². The van der Waals surface area contributed by atoms with Crippen LogP contribution in [0.2, 0.25) is 5.02 Å². The van der Waals surface area contributed by atoms with Gasteiger partial charge in [0.2, 0.25) is 0 Å². The molecule has 0 amide bonds. The molecule has 1 unspecified atom stereocenters. The number of aromatic nitrogens is 2. The molecule has 154 valence electrons. The van der Waals surface area contributed by atoms with Gasteiger partial charge in [-0.05, 0) is 35.4 Å². The van der Waals surface area contributed by atoms with Crippen LogP contribution in [0.3, 0.4) is 0 Å². The second kappa shape index (κ2) is 7.85. The Kier molecular flexibility index (Phi) is 4.88. The Bertz CT molecular complexity index is 1300. The number of hydrogen-bond donors (Lipinski definition) is 1. The Morgan fingerprint density at radius 3 is 2.55 bits per heavy atom. The van der Waals surface area contributed by atoms with Gasteiger partial charge in [-0.1, -0.05) is 48.0 Å². The Morgan fingerprint density at radius 2 is 1.81 bits per heavy atom. The molecule has 1 atom stereocenters. The highest BCUT2D eigenvalue weighted by Gasteiger charge is 2.26. The number of nitrogens with zero attached hydrogens (tertiary/aromatic N) is 4. The molecule has 0 radical (unpaired) electrons. The van der Waals surface area contributed by atoms with Crippen molar-refractivity contribution in [3.63, 3.8) is 0 Å². The van der Waals surface area contributed by atoms with E-state index in [-0.39, 0.29) is 11.7 Å². The fraction of sp³-hybridized carbons (Fsp3) is 0.130. The quantitative estimate of drug-likeness (QED) is 0.352. The molecule has 0 fully saturated rings. The maximum Gasteiger partial charge on any atom is 0.269 e. The number of hydrogen-bond acceptors (Lipinski definition) is 5. The van der Waals surface area contributed by atoms with Gasteiger partial charge in [-0.25, -0.2) is 4.98 Å². The van der Waals surface area contributed by atoms with Crippen LogP contribution < -0.4 is 5.43 Å². The first-order chi connectivity index (χ1) is 15.1. The first-order valence-electron chi connectivity index (χ1n) is 9.85. The minimum atomic E-state index is -0.396. The molecule has 1 aliphatic heterocycles. The summed E-state index contributed by atoms with van der Waals surface area (Å²) in [5.74, 6) is 0.813. The second-order valence-electron chi connectivity index (χ2n) is 7.43. The average molecular weight is 432 g/mol. The number of para-hydroxylation sites is 2. The second-order valence-corrected chi connectivity index (χ2v) is 7.87. The maximum absolute atomic E-state index is 10.9. The molecule has 5 rings (SSSR count). The lowest BCUT2D eigenvalue weighted by Crippen LogP contribution is -2.12. The zero-order valence-electron chi connectivity index (χ0n) is 16.4. The standard InChI is InChI=1S/C23H18ClN5O2/c24-17-9-5-15(6-10-17)14-28-22-4-2-1-3-19(22)25-23(28)21-13-20(26-27-21)16-7-11-18(12-8-16)29(30)31/h1-12,20,26H,13-14H2. The number of hydrazone groups is 1. The van der Waals surface area contributed by atoms with E-state index in [0.717, 1.165) is 33.7 Å². The fourth-order valence-electron chi connectivity index (χ4n) is 3.83. The van der Waals surface area contributed by atoms with Gasteiger partial charge < -0.3 is 9.99 Å². The van der Waals surface area contributed by atoms with Crippen LogP contribution in [0.25, 0.3) is 11.0 Å². The monoisotopic (exact) mass is 431 g/mol. The number of non-ortho nitro benzene ring substituents is 1. The number of imidazole rings is 1. The Balaban J connectivity index is 1.46. The van der Waals surface area contributed by atoms with E-state index in [1.807, 2.05) is 42.5 Å². The van der Waals surface area contributed by atoms with Crippen molar-refractivity contribution in [3.05, 3.63) is 105 Å². The molecular weight excluding hydrogens is 414 g/mol. The summed E-state index contributed by atoms with van der Waals surface area (Å²) in [6, 6.07) is 22.3. The molecule has 0 bridgehead atoms. The molecule has 0 aliphatic carbocycles. The molecule has 0 saturated heterocycles. The number of benzene rings is 3. The lowest BCUT2D eigenvalue weighted by atomic mass is 10.0. The largest absolute Gasteiger partial charge is 0.318 e. The van der Waals surface area contributed by atoms with E-state index in [9.17, 15) is 10.1 Å². The van der Waals surface area contributed by atoms with Crippen molar-refractivity contribution in [1.82, 2.24) is 15.0 Å². The van der Waals surface area contributed by atoms with Crippen LogP contribution in [-0.2, 0) is 6.54 Å². The summed E-state index contributed by atoms with van der Waals surface area (Å²) in [5.41, 5.74) is 8.10. The maximum atomic E-state index is 10.9. The van der Waals surface area contributed by atoms with E-state index in [0.29, 0.717) is 18.0 Å². The molecule has 1 aliphatic rings. The van der Waals surface area contributed by atoms with Gasteiger partial charge in [0.05, 0.1) is 22.0 Å². The number of nitro benzene ring substituents is 1. The van der Waals surface area contributed by atoms with E-state index in [4.69, 9.17) is 16.6 Å². The predicted molar refractivity (Wildman–Crippen MR) is 120 cm³/mol. The highest BCUT2D eigenvalue weighted by molar-refractivity contribution is 6.30. The van der Waals surface area contributed by atoms with Crippen LogP contribution in [0.5, 0.6) is 0 Å². The number of rotatable bonds is 5. The van der Waals surface area contributed by atoms with Crippen LogP contribution in [0, 0.1) is 10.1 Å². The molecule has 3 aromatic carbocycles. The molecular formula is C23H18ClN5O2. The summed E-state index contributed by atoms with van der Waals surface area (Å²) in [5, 5.41) is 16.2. The van der Waals surface area contributed by atoms with Gasteiger partial charge >= 0.3 is 0 Å². The summed E-state index contributed by atoms with van der Waals surface area (Å²) in [7, 11) is 0. The summed E-state index contributed by atoms with van der Waals surface area (Å²) in [4.78, 5) is 15.4. The number of nitrogens with one attached hydrogen (secondary N) is 1. The molecule has 1 aromatic heterocycles. The van der Waals surface area contributed by atoms with Gasteiger partial charge in [0.25, 0.3) is 5.69 Å². The molecule has 31 heavy (non-hydrogen) atoms. The summed E-state index contributed by atoms with van der Waals surface area (Å²) in [6.45, 7) is 0.647. The normalized spacial score (nSPS) is 15.6.